The van der Waals surface area contributed by atoms with E-state index in [2.05, 4.69) is 10.3 Å². The van der Waals surface area contributed by atoms with Gasteiger partial charge in [-0.05, 0) is 12.5 Å². The summed E-state index contributed by atoms with van der Waals surface area (Å²) in [6, 6.07) is 1.63. The smallest absolute Gasteiger partial charge is 0.228 e. The van der Waals surface area contributed by atoms with Gasteiger partial charge in [-0.15, -0.1) is 0 Å². The van der Waals surface area contributed by atoms with Gasteiger partial charge in [0.05, 0.1) is 22.8 Å². The second-order valence-corrected chi connectivity index (χ2v) is 3.59. The number of pyridine rings is 1. The van der Waals surface area contributed by atoms with Gasteiger partial charge in [0, 0.05) is 12.7 Å². The molecule has 1 atom stereocenters. The quantitative estimate of drug-likeness (QED) is 0.822. The number of nitrogens with two attached hydrogens (primary N) is 1. The third-order valence-electron chi connectivity index (χ3n) is 2.17. The number of carbonyl (C=O) groups is 1. The monoisotopic (exact) mass is 227 g/mol. The van der Waals surface area contributed by atoms with Crippen LogP contribution >= 0.6 is 11.6 Å². The van der Waals surface area contributed by atoms with Crippen molar-refractivity contribution in [1.29, 1.82) is 0 Å². The largest absolute Gasteiger partial charge is 0.330 e. The van der Waals surface area contributed by atoms with Crippen molar-refractivity contribution in [3.63, 3.8) is 0 Å². The molecule has 3 N–H and O–H groups in total. The number of nitrogens with zero attached hydrogens (tertiary/aromatic N) is 1. The van der Waals surface area contributed by atoms with Crippen LogP contribution in [0.1, 0.15) is 13.3 Å². The second-order valence-electron chi connectivity index (χ2n) is 3.19. The number of hydrogen-bond donors (Lipinski definition) is 2. The fourth-order valence-electron chi connectivity index (χ4n) is 1.16. The standard InChI is InChI=1S/C10H14ClN3O/c1-2-7(5-12)10(15)14-9-6-13-4-3-8(9)11/h3-4,6-7H,2,5,12H2,1H3,(H,14,15). The van der Waals surface area contributed by atoms with Crippen LogP contribution in [-0.2, 0) is 4.79 Å². The Kier molecular flexibility index (Phi) is 4.52. The lowest BCUT2D eigenvalue weighted by molar-refractivity contribution is -0.119. The van der Waals surface area contributed by atoms with Crippen molar-refractivity contribution in [2.75, 3.05) is 11.9 Å². The number of rotatable bonds is 4. The third kappa shape index (κ3) is 3.18. The van der Waals surface area contributed by atoms with Crippen molar-refractivity contribution in [2.24, 2.45) is 11.7 Å². The highest BCUT2D eigenvalue weighted by Crippen LogP contribution is 2.19. The van der Waals surface area contributed by atoms with Crippen molar-refractivity contribution in [3.05, 3.63) is 23.5 Å². The van der Waals surface area contributed by atoms with Crippen LogP contribution in [0.15, 0.2) is 18.5 Å². The molecule has 0 saturated heterocycles. The average Bonchev–Trinajstić information content (AvgIpc) is 2.23. The Balaban J connectivity index is 2.70. The van der Waals surface area contributed by atoms with Crippen LogP contribution in [0.2, 0.25) is 5.02 Å². The predicted molar refractivity (Wildman–Crippen MR) is 60.7 cm³/mol. The summed E-state index contributed by atoms with van der Waals surface area (Å²) in [4.78, 5) is 15.5. The van der Waals surface area contributed by atoms with Crippen LogP contribution in [0.4, 0.5) is 5.69 Å². The Morgan fingerprint density at radius 1 is 1.73 bits per heavy atom. The zero-order valence-electron chi connectivity index (χ0n) is 8.53. The van der Waals surface area contributed by atoms with Gasteiger partial charge in [-0.1, -0.05) is 18.5 Å². The van der Waals surface area contributed by atoms with E-state index in [9.17, 15) is 4.79 Å². The molecule has 0 aliphatic carbocycles. The van der Waals surface area contributed by atoms with E-state index in [0.29, 0.717) is 23.7 Å². The molecule has 4 nitrogen and oxygen atoms in total. The zero-order chi connectivity index (χ0) is 11.3. The van der Waals surface area contributed by atoms with Gasteiger partial charge in [0.25, 0.3) is 0 Å². The Bertz CT molecular complexity index is 339. The number of carbonyl (C=O) groups excluding carboxylic acids is 1. The average molecular weight is 228 g/mol. The third-order valence-corrected chi connectivity index (χ3v) is 2.50. The second kappa shape index (κ2) is 5.68. The molecule has 1 rings (SSSR count). The number of nitrogens with one attached hydrogen (secondary N) is 1. The summed E-state index contributed by atoms with van der Waals surface area (Å²) in [5, 5.41) is 3.18. The van der Waals surface area contributed by atoms with Gasteiger partial charge in [0.2, 0.25) is 5.91 Å². The topological polar surface area (TPSA) is 68.0 Å². The van der Waals surface area contributed by atoms with E-state index in [4.69, 9.17) is 17.3 Å². The van der Waals surface area contributed by atoms with E-state index in [1.807, 2.05) is 6.92 Å². The van der Waals surface area contributed by atoms with E-state index >= 15 is 0 Å². The van der Waals surface area contributed by atoms with Crippen LogP contribution in [-0.4, -0.2) is 17.4 Å². The lowest BCUT2D eigenvalue weighted by Crippen LogP contribution is -2.28. The van der Waals surface area contributed by atoms with E-state index in [1.54, 1.807) is 12.3 Å². The molecule has 0 aromatic carbocycles. The summed E-state index contributed by atoms with van der Waals surface area (Å²) in [5.41, 5.74) is 5.99. The number of amides is 1. The molecule has 82 valence electrons. The first-order valence-electron chi connectivity index (χ1n) is 4.79. The number of anilines is 1. The van der Waals surface area contributed by atoms with Crippen LogP contribution in [0.25, 0.3) is 0 Å². The molecule has 0 radical (unpaired) electrons. The molecule has 1 unspecified atom stereocenters. The van der Waals surface area contributed by atoms with Crippen molar-refractivity contribution in [2.45, 2.75) is 13.3 Å². The van der Waals surface area contributed by atoms with Crippen molar-refractivity contribution in [3.8, 4) is 0 Å². The van der Waals surface area contributed by atoms with Crippen LogP contribution < -0.4 is 11.1 Å². The molecule has 0 fully saturated rings. The van der Waals surface area contributed by atoms with Crippen molar-refractivity contribution >= 4 is 23.2 Å². The Labute approximate surface area is 93.8 Å². The highest BCUT2D eigenvalue weighted by atomic mass is 35.5. The summed E-state index contributed by atoms with van der Waals surface area (Å²) in [6.45, 7) is 2.25. The van der Waals surface area contributed by atoms with Crippen LogP contribution in [0.3, 0.4) is 0 Å². The van der Waals surface area contributed by atoms with Gasteiger partial charge in [0.1, 0.15) is 0 Å². The summed E-state index contributed by atoms with van der Waals surface area (Å²) in [6.07, 6.45) is 3.79. The molecular formula is C10H14ClN3O. The summed E-state index contributed by atoms with van der Waals surface area (Å²) in [7, 11) is 0. The lowest BCUT2D eigenvalue weighted by atomic mass is 10.1. The molecule has 0 aliphatic heterocycles. The summed E-state index contributed by atoms with van der Waals surface area (Å²) in [5.74, 6) is -0.295. The number of halogens is 1. The van der Waals surface area contributed by atoms with Gasteiger partial charge in [-0.2, -0.15) is 0 Å². The maximum Gasteiger partial charge on any atom is 0.228 e. The fourth-order valence-corrected chi connectivity index (χ4v) is 1.32. The SMILES string of the molecule is CCC(CN)C(=O)Nc1cnccc1Cl. The Morgan fingerprint density at radius 3 is 3.00 bits per heavy atom. The molecule has 15 heavy (non-hydrogen) atoms. The molecule has 0 spiro atoms. The normalized spacial score (nSPS) is 12.2. The molecule has 0 saturated carbocycles. The molecule has 1 aromatic rings. The summed E-state index contributed by atoms with van der Waals surface area (Å²) < 4.78 is 0. The first-order chi connectivity index (χ1) is 7.19. The van der Waals surface area contributed by atoms with Crippen LogP contribution in [0.5, 0.6) is 0 Å². The fraction of sp³-hybridized carbons (Fsp3) is 0.400. The molecule has 1 amide bonds. The first-order valence-corrected chi connectivity index (χ1v) is 5.17. The number of hydrogen-bond acceptors (Lipinski definition) is 3. The van der Waals surface area contributed by atoms with Crippen molar-refractivity contribution < 1.29 is 4.79 Å². The van der Waals surface area contributed by atoms with Gasteiger partial charge in [0.15, 0.2) is 0 Å². The van der Waals surface area contributed by atoms with E-state index in [-0.39, 0.29) is 11.8 Å². The minimum absolute atomic E-state index is 0.116. The van der Waals surface area contributed by atoms with E-state index in [1.165, 1.54) is 6.20 Å². The van der Waals surface area contributed by atoms with E-state index in [0.717, 1.165) is 0 Å². The molecule has 0 aliphatic rings. The highest BCUT2D eigenvalue weighted by Gasteiger charge is 2.15. The Morgan fingerprint density at radius 2 is 2.47 bits per heavy atom. The van der Waals surface area contributed by atoms with E-state index < -0.39 is 0 Å². The molecular weight excluding hydrogens is 214 g/mol. The first kappa shape index (κ1) is 11.9. The number of aromatic nitrogens is 1. The summed E-state index contributed by atoms with van der Waals surface area (Å²) >= 11 is 5.87. The predicted octanol–water partition coefficient (Wildman–Crippen LogP) is 1.66. The molecule has 5 heteroatoms. The molecule has 0 bridgehead atoms. The van der Waals surface area contributed by atoms with Crippen LogP contribution in [0, 0.1) is 5.92 Å². The zero-order valence-corrected chi connectivity index (χ0v) is 9.29. The van der Waals surface area contributed by atoms with Gasteiger partial charge in [-0.3, -0.25) is 9.78 Å². The maximum atomic E-state index is 11.6. The highest BCUT2D eigenvalue weighted by molar-refractivity contribution is 6.33. The minimum atomic E-state index is -0.179. The van der Waals surface area contributed by atoms with Gasteiger partial charge >= 0.3 is 0 Å². The minimum Gasteiger partial charge on any atom is -0.330 e. The van der Waals surface area contributed by atoms with Gasteiger partial charge < -0.3 is 11.1 Å². The van der Waals surface area contributed by atoms with Gasteiger partial charge in [-0.25, -0.2) is 0 Å². The maximum absolute atomic E-state index is 11.6. The molecule has 1 heterocycles. The molecule has 1 aromatic heterocycles. The Hall–Kier alpha value is -1.13. The van der Waals surface area contributed by atoms with Crippen molar-refractivity contribution in [1.82, 2.24) is 4.98 Å². The lowest BCUT2D eigenvalue weighted by Gasteiger charge is -2.12.